The summed E-state index contributed by atoms with van der Waals surface area (Å²) >= 11 is 0. The summed E-state index contributed by atoms with van der Waals surface area (Å²) in [5.74, 6) is 0. The van der Waals surface area contributed by atoms with Crippen LogP contribution in [-0.2, 0) is 13.1 Å². The maximum Gasteiger partial charge on any atom is 0.0237 e. The molecule has 0 unspecified atom stereocenters. The number of hydrogen-bond donors (Lipinski definition) is 1. The first-order valence-electron chi connectivity index (χ1n) is 8.29. The van der Waals surface area contributed by atoms with E-state index >= 15 is 0 Å². The molecule has 1 aliphatic rings. The van der Waals surface area contributed by atoms with Crippen molar-refractivity contribution in [2.45, 2.75) is 66.1 Å². The highest BCUT2D eigenvalue weighted by Gasteiger charge is 2.26. The molecule has 0 bridgehead atoms. The average molecular weight is 288 g/mol. The Kier molecular flexibility index (Phi) is 5.11. The van der Waals surface area contributed by atoms with Gasteiger partial charge in [-0.1, -0.05) is 38.1 Å². The van der Waals surface area contributed by atoms with Gasteiger partial charge >= 0.3 is 0 Å². The molecule has 1 saturated heterocycles. The van der Waals surface area contributed by atoms with Gasteiger partial charge in [0.15, 0.2) is 0 Å². The summed E-state index contributed by atoms with van der Waals surface area (Å²) < 4.78 is 0. The number of benzene rings is 1. The molecule has 1 aliphatic heterocycles. The molecule has 0 atom stereocenters. The van der Waals surface area contributed by atoms with Crippen LogP contribution in [0.5, 0.6) is 0 Å². The highest BCUT2D eigenvalue weighted by molar-refractivity contribution is 5.27. The quantitative estimate of drug-likeness (QED) is 0.893. The fourth-order valence-electron chi connectivity index (χ4n) is 3.17. The van der Waals surface area contributed by atoms with Crippen LogP contribution in [0.4, 0.5) is 0 Å². The summed E-state index contributed by atoms with van der Waals surface area (Å²) in [6, 6.07) is 8.89. The molecule has 0 aliphatic carbocycles. The minimum Gasteiger partial charge on any atom is -0.308 e. The summed E-state index contributed by atoms with van der Waals surface area (Å²) in [6.07, 6.45) is 2.69. The molecule has 0 amide bonds. The van der Waals surface area contributed by atoms with Crippen LogP contribution in [0.15, 0.2) is 24.3 Å². The molecule has 0 aromatic heterocycles. The molecule has 0 radical (unpaired) electrons. The van der Waals surface area contributed by atoms with Crippen LogP contribution < -0.4 is 5.32 Å². The molecule has 1 N–H and O–H groups in total. The van der Waals surface area contributed by atoms with Gasteiger partial charge in [0.05, 0.1) is 0 Å². The molecule has 1 heterocycles. The topological polar surface area (TPSA) is 15.3 Å². The fraction of sp³-hybridized carbons (Fsp3) is 0.684. The smallest absolute Gasteiger partial charge is 0.0237 e. The first kappa shape index (κ1) is 16.5. The highest BCUT2D eigenvalue weighted by atomic mass is 15.1. The lowest BCUT2D eigenvalue weighted by Crippen LogP contribution is -2.40. The maximum atomic E-state index is 3.61. The van der Waals surface area contributed by atoms with E-state index in [4.69, 9.17) is 0 Å². The molecule has 118 valence electrons. The standard InChI is InChI=1S/C19H32N2/c1-18(2,3)20-13-16-9-6-7-10-17(16)14-21-12-8-11-19(4,5)15-21/h6-7,9-10,20H,8,11-15H2,1-5H3. The Labute approximate surface area is 130 Å². The van der Waals surface area contributed by atoms with Crippen LogP contribution >= 0.6 is 0 Å². The van der Waals surface area contributed by atoms with Crippen LogP contribution in [0.2, 0.25) is 0 Å². The largest absolute Gasteiger partial charge is 0.308 e. The van der Waals surface area contributed by atoms with Crippen LogP contribution in [-0.4, -0.2) is 23.5 Å². The molecule has 1 fully saturated rings. The second-order valence-electron chi connectivity index (χ2n) is 8.35. The third kappa shape index (κ3) is 5.44. The van der Waals surface area contributed by atoms with Crippen molar-refractivity contribution in [2.75, 3.05) is 13.1 Å². The summed E-state index contributed by atoms with van der Waals surface area (Å²) in [5, 5.41) is 3.61. The van der Waals surface area contributed by atoms with E-state index in [2.05, 4.69) is 69.1 Å². The van der Waals surface area contributed by atoms with Gasteiger partial charge in [-0.2, -0.15) is 0 Å². The normalized spacial score (nSPS) is 19.7. The lowest BCUT2D eigenvalue weighted by atomic mass is 9.84. The zero-order chi connectivity index (χ0) is 15.5. The van der Waals surface area contributed by atoms with Gasteiger partial charge in [-0.3, -0.25) is 4.90 Å². The zero-order valence-electron chi connectivity index (χ0n) is 14.5. The number of likely N-dealkylation sites (tertiary alicyclic amines) is 1. The second kappa shape index (κ2) is 6.50. The predicted octanol–water partition coefficient (Wildman–Crippen LogP) is 4.20. The van der Waals surface area contributed by atoms with Crippen molar-refractivity contribution >= 4 is 0 Å². The molecule has 1 aromatic carbocycles. The van der Waals surface area contributed by atoms with E-state index in [0.717, 1.165) is 13.1 Å². The van der Waals surface area contributed by atoms with Crippen molar-refractivity contribution in [2.24, 2.45) is 5.41 Å². The van der Waals surface area contributed by atoms with Crippen molar-refractivity contribution in [3.05, 3.63) is 35.4 Å². The summed E-state index contributed by atoms with van der Waals surface area (Å²) in [6.45, 7) is 16.0. The SMILES string of the molecule is CC1(C)CCCN(Cc2ccccc2CNC(C)(C)C)C1. The van der Waals surface area contributed by atoms with Crippen molar-refractivity contribution in [1.29, 1.82) is 0 Å². The van der Waals surface area contributed by atoms with Crippen molar-refractivity contribution in [1.82, 2.24) is 10.2 Å². The molecule has 0 spiro atoms. The molecular formula is C19H32N2. The lowest BCUT2D eigenvalue weighted by molar-refractivity contribution is 0.111. The van der Waals surface area contributed by atoms with Crippen molar-refractivity contribution in [3.63, 3.8) is 0 Å². The van der Waals surface area contributed by atoms with Crippen LogP contribution in [0.3, 0.4) is 0 Å². The number of hydrogen-bond acceptors (Lipinski definition) is 2. The molecule has 2 heteroatoms. The molecule has 0 saturated carbocycles. The third-order valence-corrected chi connectivity index (χ3v) is 4.30. The molecule has 21 heavy (non-hydrogen) atoms. The van der Waals surface area contributed by atoms with Crippen molar-refractivity contribution in [3.8, 4) is 0 Å². The van der Waals surface area contributed by atoms with Crippen LogP contribution in [0.25, 0.3) is 0 Å². The molecular weight excluding hydrogens is 256 g/mol. The molecule has 2 rings (SSSR count). The van der Waals surface area contributed by atoms with Gasteiger partial charge in [-0.05, 0) is 56.7 Å². The first-order valence-corrected chi connectivity index (χ1v) is 8.29. The van der Waals surface area contributed by atoms with E-state index in [1.807, 2.05) is 0 Å². The fourth-order valence-corrected chi connectivity index (χ4v) is 3.17. The Hall–Kier alpha value is -0.860. The zero-order valence-corrected chi connectivity index (χ0v) is 14.5. The van der Waals surface area contributed by atoms with Gasteiger partial charge < -0.3 is 5.32 Å². The number of nitrogens with zero attached hydrogens (tertiary/aromatic N) is 1. The van der Waals surface area contributed by atoms with Crippen LogP contribution in [0, 0.1) is 5.41 Å². The van der Waals surface area contributed by atoms with E-state index in [1.165, 1.54) is 37.1 Å². The van der Waals surface area contributed by atoms with E-state index in [-0.39, 0.29) is 5.54 Å². The summed E-state index contributed by atoms with van der Waals surface area (Å²) in [4.78, 5) is 2.62. The summed E-state index contributed by atoms with van der Waals surface area (Å²) in [7, 11) is 0. The van der Waals surface area contributed by atoms with Gasteiger partial charge in [-0.15, -0.1) is 0 Å². The maximum absolute atomic E-state index is 3.61. The monoisotopic (exact) mass is 288 g/mol. The van der Waals surface area contributed by atoms with Gasteiger partial charge in [0.25, 0.3) is 0 Å². The molecule has 1 aromatic rings. The Morgan fingerprint density at radius 2 is 1.81 bits per heavy atom. The van der Waals surface area contributed by atoms with E-state index in [0.29, 0.717) is 5.41 Å². The number of rotatable bonds is 4. The van der Waals surface area contributed by atoms with E-state index in [1.54, 1.807) is 0 Å². The Bertz CT molecular complexity index is 457. The summed E-state index contributed by atoms with van der Waals surface area (Å²) in [5.41, 5.74) is 3.56. The van der Waals surface area contributed by atoms with E-state index in [9.17, 15) is 0 Å². The van der Waals surface area contributed by atoms with Gasteiger partial charge in [0, 0.05) is 25.2 Å². The number of piperidine rings is 1. The Morgan fingerprint density at radius 1 is 1.14 bits per heavy atom. The second-order valence-corrected chi connectivity index (χ2v) is 8.35. The molecule has 2 nitrogen and oxygen atoms in total. The van der Waals surface area contributed by atoms with Gasteiger partial charge in [-0.25, -0.2) is 0 Å². The van der Waals surface area contributed by atoms with Gasteiger partial charge in [0.1, 0.15) is 0 Å². The third-order valence-electron chi connectivity index (χ3n) is 4.30. The van der Waals surface area contributed by atoms with Crippen LogP contribution in [0.1, 0.15) is 58.6 Å². The average Bonchev–Trinajstić information content (AvgIpc) is 2.35. The van der Waals surface area contributed by atoms with Crippen molar-refractivity contribution < 1.29 is 0 Å². The predicted molar refractivity (Wildman–Crippen MR) is 91.3 cm³/mol. The Morgan fingerprint density at radius 3 is 2.43 bits per heavy atom. The van der Waals surface area contributed by atoms with Gasteiger partial charge in [0.2, 0.25) is 0 Å². The highest BCUT2D eigenvalue weighted by Crippen LogP contribution is 2.29. The minimum atomic E-state index is 0.167. The minimum absolute atomic E-state index is 0.167. The Balaban J connectivity index is 2.02. The van der Waals surface area contributed by atoms with E-state index < -0.39 is 0 Å². The first-order chi connectivity index (χ1) is 9.75. The lowest BCUT2D eigenvalue weighted by Gasteiger charge is -2.38. The number of nitrogens with one attached hydrogen (secondary N) is 1.